The molecule has 1 heteroatoms. The maximum atomic E-state index is 5.64. The Morgan fingerprint density at radius 2 is 1.92 bits per heavy atom. The van der Waals surface area contributed by atoms with E-state index in [0.717, 1.165) is 6.42 Å². The molecular weight excluding hydrogens is 148 g/mol. The lowest BCUT2D eigenvalue weighted by molar-refractivity contribution is 0.0196. The van der Waals surface area contributed by atoms with E-state index in [0.29, 0.717) is 17.6 Å². The highest BCUT2D eigenvalue weighted by atomic mass is 16.5. The lowest BCUT2D eigenvalue weighted by Crippen LogP contribution is -2.26. The van der Waals surface area contributed by atoms with Crippen LogP contribution in [0, 0.1) is 5.41 Å². The van der Waals surface area contributed by atoms with Crippen molar-refractivity contribution in [1.82, 2.24) is 0 Å². The molecular formula is C11H20O. The van der Waals surface area contributed by atoms with Gasteiger partial charge in [0.15, 0.2) is 0 Å². The van der Waals surface area contributed by atoms with Crippen LogP contribution < -0.4 is 0 Å². The van der Waals surface area contributed by atoms with Crippen molar-refractivity contribution >= 4 is 0 Å². The smallest absolute Gasteiger partial charge is 0.0734 e. The van der Waals surface area contributed by atoms with Gasteiger partial charge in [-0.25, -0.2) is 0 Å². The maximum Gasteiger partial charge on any atom is 0.0734 e. The van der Waals surface area contributed by atoms with E-state index in [2.05, 4.69) is 40.7 Å². The van der Waals surface area contributed by atoms with Crippen molar-refractivity contribution in [2.75, 3.05) is 0 Å². The Bertz CT molecular complexity index is 186. The van der Waals surface area contributed by atoms with Gasteiger partial charge in [-0.1, -0.05) is 32.4 Å². The fourth-order valence-electron chi connectivity index (χ4n) is 1.67. The van der Waals surface area contributed by atoms with Gasteiger partial charge < -0.3 is 4.74 Å². The first-order chi connectivity index (χ1) is 5.39. The molecule has 1 rings (SSSR count). The van der Waals surface area contributed by atoms with Crippen molar-refractivity contribution in [1.29, 1.82) is 0 Å². The van der Waals surface area contributed by atoms with Gasteiger partial charge in [0.2, 0.25) is 0 Å². The van der Waals surface area contributed by atoms with E-state index in [9.17, 15) is 0 Å². The topological polar surface area (TPSA) is 9.23 Å². The molecule has 0 aromatic carbocycles. The van der Waals surface area contributed by atoms with Gasteiger partial charge in [-0.3, -0.25) is 0 Å². The van der Waals surface area contributed by atoms with Crippen molar-refractivity contribution in [2.45, 2.75) is 53.2 Å². The van der Waals surface area contributed by atoms with E-state index in [-0.39, 0.29) is 0 Å². The van der Waals surface area contributed by atoms with Crippen LogP contribution in [0.2, 0.25) is 0 Å². The number of rotatable bonds is 0. The fourth-order valence-corrected chi connectivity index (χ4v) is 1.67. The number of hydrogen-bond acceptors (Lipinski definition) is 1. The molecule has 0 saturated carbocycles. The van der Waals surface area contributed by atoms with Crippen molar-refractivity contribution in [3.63, 3.8) is 0 Å². The van der Waals surface area contributed by atoms with E-state index in [1.54, 1.807) is 0 Å². The average Bonchev–Trinajstić information content (AvgIpc) is 1.82. The van der Waals surface area contributed by atoms with Gasteiger partial charge in [0, 0.05) is 0 Å². The van der Waals surface area contributed by atoms with E-state index >= 15 is 0 Å². The van der Waals surface area contributed by atoms with Gasteiger partial charge >= 0.3 is 0 Å². The van der Waals surface area contributed by atoms with Gasteiger partial charge in [-0.15, -0.1) is 0 Å². The van der Waals surface area contributed by atoms with E-state index < -0.39 is 0 Å². The van der Waals surface area contributed by atoms with Crippen LogP contribution in [0.15, 0.2) is 11.6 Å². The van der Waals surface area contributed by atoms with Crippen LogP contribution in [0.3, 0.4) is 0 Å². The van der Waals surface area contributed by atoms with Crippen LogP contribution in [0.4, 0.5) is 0 Å². The predicted molar refractivity (Wildman–Crippen MR) is 52.2 cm³/mol. The zero-order valence-corrected chi connectivity index (χ0v) is 8.85. The Hall–Kier alpha value is -0.300. The molecule has 1 aliphatic heterocycles. The van der Waals surface area contributed by atoms with Gasteiger partial charge in [0.1, 0.15) is 0 Å². The first-order valence-corrected chi connectivity index (χ1v) is 4.76. The van der Waals surface area contributed by atoms with Gasteiger partial charge in [-0.05, 0) is 25.7 Å². The van der Waals surface area contributed by atoms with E-state index in [1.807, 2.05) is 0 Å². The van der Waals surface area contributed by atoms with Gasteiger partial charge in [0.25, 0.3) is 0 Å². The third-order valence-corrected chi connectivity index (χ3v) is 2.35. The molecule has 0 radical (unpaired) electrons. The minimum Gasteiger partial charge on any atom is -0.371 e. The highest BCUT2D eigenvalue weighted by molar-refractivity contribution is 5.15. The SMILES string of the molecule is C[C@@H]1C=C(C(C)(C)C)C[C@@H](C)O1. The zero-order chi connectivity index (χ0) is 9.35. The quantitative estimate of drug-likeness (QED) is 0.505. The average molecular weight is 168 g/mol. The molecule has 70 valence electrons. The Morgan fingerprint density at radius 3 is 2.33 bits per heavy atom. The summed E-state index contributed by atoms with van der Waals surface area (Å²) < 4.78 is 5.64. The maximum absolute atomic E-state index is 5.64. The second-order valence-corrected chi connectivity index (χ2v) is 4.80. The summed E-state index contributed by atoms with van der Waals surface area (Å²) in [5.74, 6) is 0. The summed E-state index contributed by atoms with van der Waals surface area (Å²) >= 11 is 0. The van der Waals surface area contributed by atoms with Crippen molar-refractivity contribution in [3.05, 3.63) is 11.6 Å². The first-order valence-electron chi connectivity index (χ1n) is 4.76. The molecule has 12 heavy (non-hydrogen) atoms. The largest absolute Gasteiger partial charge is 0.371 e. The monoisotopic (exact) mass is 168 g/mol. The van der Waals surface area contributed by atoms with Gasteiger partial charge in [0.05, 0.1) is 12.2 Å². The van der Waals surface area contributed by atoms with E-state index in [1.165, 1.54) is 5.57 Å². The summed E-state index contributed by atoms with van der Waals surface area (Å²) in [5.41, 5.74) is 1.85. The third-order valence-electron chi connectivity index (χ3n) is 2.35. The molecule has 1 nitrogen and oxygen atoms in total. The van der Waals surface area contributed by atoms with Crippen LogP contribution in [0.5, 0.6) is 0 Å². The molecule has 0 bridgehead atoms. The predicted octanol–water partition coefficient (Wildman–Crippen LogP) is 3.16. The van der Waals surface area contributed by atoms with Gasteiger partial charge in [-0.2, -0.15) is 0 Å². The lowest BCUT2D eigenvalue weighted by Gasteiger charge is -2.32. The van der Waals surface area contributed by atoms with Crippen molar-refractivity contribution in [3.8, 4) is 0 Å². The van der Waals surface area contributed by atoms with Crippen LogP contribution in [0.1, 0.15) is 41.0 Å². The summed E-state index contributed by atoms with van der Waals surface area (Å²) in [7, 11) is 0. The molecule has 0 unspecified atom stereocenters. The molecule has 1 heterocycles. The highest BCUT2D eigenvalue weighted by Gasteiger charge is 2.24. The zero-order valence-electron chi connectivity index (χ0n) is 8.85. The highest BCUT2D eigenvalue weighted by Crippen LogP contribution is 2.33. The molecule has 1 aliphatic rings. The fraction of sp³-hybridized carbons (Fsp3) is 0.818. The Balaban J connectivity index is 2.77. The molecule has 0 aliphatic carbocycles. The second kappa shape index (κ2) is 3.21. The van der Waals surface area contributed by atoms with Crippen LogP contribution in [-0.2, 0) is 4.74 Å². The molecule has 0 fully saturated rings. The van der Waals surface area contributed by atoms with E-state index in [4.69, 9.17) is 4.74 Å². The molecule has 0 aromatic rings. The van der Waals surface area contributed by atoms with Crippen LogP contribution in [-0.4, -0.2) is 12.2 Å². The Morgan fingerprint density at radius 1 is 1.33 bits per heavy atom. The molecule has 2 atom stereocenters. The number of ether oxygens (including phenoxy) is 1. The summed E-state index contributed by atoms with van der Waals surface area (Å²) in [6, 6.07) is 0. The molecule has 0 amide bonds. The Kier molecular flexibility index (Phi) is 2.62. The molecule has 0 spiro atoms. The summed E-state index contributed by atoms with van der Waals surface area (Å²) in [4.78, 5) is 0. The normalized spacial score (nSPS) is 31.6. The van der Waals surface area contributed by atoms with Crippen LogP contribution in [0.25, 0.3) is 0 Å². The standard InChI is InChI=1S/C11H20O/c1-8-6-10(11(3,4)5)7-9(2)12-8/h6,8-9H,7H2,1-5H3/t8-,9-/m1/s1. The summed E-state index contributed by atoms with van der Waals surface area (Å²) in [5, 5.41) is 0. The third kappa shape index (κ3) is 2.34. The van der Waals surface area contributed by atoms with Crippen LogP contribution >= 0.6 is 0 Å². The van der Waals surface area contributed by atoms with Crippen molar-refractivity contribution < 1.29 is 4.74 Å². The summed E-state index contributed by atoms with van der Waals surface area (Å²) in [6.07, 6.45) is 4.04. The molecule has 0 saturated heterocycles. The molecule has 0 N–H and O–H groups in total. The summed E-state index contributed by atoms with van der Waals surface area (Å²) in [6.45, 7) is 11.1. The number of hydrogen-bond donors (Lipinski definition) is 0. The lowest BCUT2D eigenvalue weighted by atomic mass is 9.81. The minimum atomic E-state index is 0.294. The second-order valence-electron chi connectivity index (χ2n) is 4.80. The first kappa shape index (κ1) is 9.79. The van der Waals surface area contributed by atoms with Crippen molar-refractivity contribution in [2.24, 2.45) is 5.41 Å². The minimum absolute atomic E-state index is 0.294. The Labute approximate surface area is 75.8 Å². The molecule has 0 aromatic heterocycles.